The van der Waals surface area contributed by atoms with Crippen LogP contribution in [-0.4, -0.2) is 37.9 Å². The molecule has 2 aromatic carbocycles. The molecule has 1 saturated heterocycles. The minimum Gasteiger partial charge on any atom is -0.482 e. The molecule has 0 amide bonds. The van der Waals surface area contributed by atoms with Gasteiger partial charge in [0.25, 0.3) is 0 Å². The van der Waals surface area contributed by atoms with Crippen LogP contribution in [-0.2, 0) is 14.3 Å². The summed E-state index contributed by atoms with van der Waals surface area (Å²) in [5, 5.41) is 0.629. The molecule has 0 aromatic heterocycles. The fourth-order valence-electron chi connectivity index (χ4n) is 2.70. The first-order valence-electron chi connectivity index (χ1n) is 8.99. The highest BCUT2D eigenvalue weighted by Gasteiger charge is 2.18. The standard InChI is InChI=1S/C21H21ClO6/c1-14-11-17(8-9-19(14)22)26-13-20(23)28-16-6-4-15(5-7-16)21(24)27-12-18-3-2-10-25-18/h4-9,11,18H,2-3,10,12-13H2,1H3. The average Bonchev–Trinajstić information content (AvgIpc) is 3.21. The Labute approximate surface area is 168 Å². The summed E-state index contributed by atoms with van der Waals surface area (Å²) in [6.45, 7) is 2.56. The van der Waals surface area contributed by atoms with Crippen LogP contribution in [0.1, 0.15) is 28.8 Å². The van der Waals surface area contributed by atoms with Gasteiger partial charge in [0.1, 0.15) is 18.1 Å². The Balaban J connectivity index is 1.45. The lowest BCUT2D eigenvalue weighted by Crippen LogP contribution is -2.18. The SMILES string of the molecule is Cc1cc(OCC(=O)Oc2ccc(C(=O)OCC3CCCO3)cc2)ccc1Cl. The van der Waals surface area contributed by atoms with Crippen molar-refractivity contribution in [1.29, 1.82) is 0 Å². The van der Waals surface area contributed by atoms with Crippen molar-refractivity contribution in [3.8, 4) is 11.5 Å². The fraction of sp³-hybridized carbons (Fsp3) is 0.333. The van der Waals surface area contributed by atoms with Crippen LogP contribution in [0.3, 0.4) is 0 Å². The maximum Gasteiger partial charge on any atom is 0.349 e. The van der Waals surface area contributed by atoms with E-state index in [2.05, 4.69) is 0 Å². The topological polar surface area (TPSA) is 71.1 Å². The van der Waals surface area contributed by atoms with E-state index >= 15 is 0 Å². The maximum atomic E-state index is 12.0. The number of carbonyl (C=O) groups is 2. The third-order valence-electron chi connectivity index (χ3n) is 4.23. The molecular formula is C21H21ClO6. The van der Waals surface area contributed by atoms with Crippen LogP contribution in [0.25, 0.3) is 0 Å². The molecule has 7 heteroatoms. The van der Waals surface area contributed by atoms with Gasteiger partial charge in [0.2, 0.25) is 0 Å². The predicted octanol–water partition coefficient (Wildman–Crippen LogP) is 3.97. The molecule has 0 saturated carbocycles. The van der Waals surface area contributed by atoms with Gasteiger partial charge in [0.05, 0.1) is 11.7 Å². The summed E-state index contributed by atoms with van der Waals surface area (Å²) >= 11 is 5.95. The molecule has 2 aromatic rings. The molecule has 1 unspecified atom stereocenters. The number of rotatable bonds is 7. The average molecular weight is 405 g/mol. The van der Waals surface area contributed by atoms with Crippen LogP contribution in [0.2, 0.25) is 5.02 Å². The van der Waals surface area contributed by atoms with E-state index in [4.69, 9.17) is 30.5 Å². The molecule has 1 aliphatic rings. The Hall–Kier alpha value is -2.57. The zero-order valence-corrected chi connectivity index (χ0v) is 16.2. The van der Waals surface area contributed by atoms with Gasteiger partial charge in [-0.05, 0) is 67.8 Å². The Bertz CT molecular complexity index is 827. The number of esters is 2. The zero-order valence-electron chi connectivity index (χ0n) is 15.5. The number of ether oxygens (including phenoxy) is 4. The lowest BCUT2D eigenvalue weighted by molar-refractivity contribution is -0.136. The normalized spacial score (nSPS) is 15.9. The maximum absolute atomic E-state index is 12.0. The summed E-state index contributed by atoms with van der Waals surface area (Å²) in [4.78, 5) is 24.0. The molecule has 1 atom stereocenters. The van der Waals surface area contributed by atoms with Crippen LogP contribution in [0, 0.1) is 6.92 Å². The minimum absolute atomic E-state index is 0.0198. The lowest BCUT2D eigenvalue weighted by atomic mass is 10.2. The fourth-order valence-corrected chi connectivity index (χ4v) is 2.81. The molecule has 0 aliphatic carbocycles. The molecular weight excluding hydrogens is 384 g/mol. The van der Waals surface area contributed by atoms with E-state index in [0.29, 0.717) is 28.7 Å². The van der Waals surface area contributed by atoms with Crippen molar-refractivity contribution in [3.05, 3.63) is 58.6 Å². The van der Waals surface area contributed by atoms with E-state index in [1.54, 1.807) is 30.3 Å². The van der Waals surface area contributed by atoms with Crippen molar-refractivity contribution in [3.63, 3.8) is 0 Å². The first kappa shape index (κ1) is 20.2. The van der Waals surface area contributed by atoms with Crippen LogP contribution >= 0.6 is 11.6 Å². The van der Waals surface area contributed by atoms with E-state index in [0.717, 1.165) is 18.4 Å². The molecule has 0 N–H and O–H groups in total. The summed E-state index contributed by atoms with van der Waals surface area (Å²) in [6.07, 6.45) is 1.87. The number of carbonyl (C=O) groups excluding carboxylic acids is 2. The molecule has 0 bridgehead atoms. The van der Waals surface area contributed by atoms with Gasteiger partial charge in [0.15, 0.2) is 6.61 Å². The summed E-state index contributed by atoms with van der Waals surface area (Å²) < 4.78 is 21.3. The van der Waals surface area contributed by atoms with E-state index < -0.39 is 11.9 Å². The molecule has 1 fully saturated rings. The highest BCUT2D eigenvalue weighted by Crippen LogP contribution is 2.21. The van der Waals surface area contributed by atoms with Gasteiger partial charge in [-0.3, -0.25) is 0 Å². The van der Waals surface area contributed by atoms with Gasteiger partial charge in [-0.15, -0.1) is 0 Å². The van der Waals surface area contributed by atoms with E-state index in [9.17, 15) is 9.59 Å². The molecule has 28 heavy (non-hydrogen) atoms. The van der Waals surface area contributed by atoms with Crippen molar-refractivity contribution < 1.29 is 28.5 Å². The monoisotopic (exact) mass is 404 g/mol. The van der Waals surface area contributed by atoms with Crippen molar-refractivity contribution in [2.75, 3.05) is 19.8 Å². The number of benzene rings is 2. The molecule has 1 heterocycles. The summed E-state index contributed by atoms with van der Waals surface area (Å²) in [7, 11) is 0. The summed E-state index contributed by atoms with van der Waals surface area (Å²) in [5.74, 6) is -0.143. The molecule has 3 rings (SSSR count). The van der Waals surface area contributed by atoms with Crippen molar-refractivity contribution in [2.45, 2.75) is 25.9 Å². The summed E-state index contributed by atoms with van der Waals surface area (Å²) in [6, 6.07) is 11.3. The zero-order chi connectivity index (χ0) is 19.9. The van der Waals surface area contributed by atoms with Crippen LogP contribution in [0.4, 0.5) is 0 Å². The van der Waals surface area contributed by atoms with Gasteiger partial charge in [-0.2, -0.15) is 0 Å². The van der Waals surface area contributed by atoms with Crippen molar-refractivity contribution in [1.82, 2.24) is 0 Å². The van der Waals surface area contributed by atoms with Crippen molar-refractivity contribution in [2.24, 2.45) is 0 Å². The van der Waals surface area contributed by atoms with Gasteiger partial charge in [-0.1, -0.05) is 11.6 Å². The highest BCUT2D eigenvalue weighted by atomic mass is 35.5. The van der Waals surface area contributed by atoms with E-state index in [1.807, 2.05) is 6.92 Å². The number of aryl methyl sites for hydroxylation is 1. The van der Waals surface area contributed by atoms with Gasteiger partial charge >= 0.3 is 11.9 Å². The molecule has 0 spiro atoms. The highest BCUT2D eigenvalue weighted by molar-refractivity contribution is 6.31. The smallest absolute Gasteiger partial charge is 0.349 e. The molecule has 1 aliphatic heterocycles. The Morgan fingerprint density at radius 3 is 2.57 bits per heavy atom. The third-order valence-corrected chi connectivity index (χ3v) is 4.66. The minimum atomic E-state index is -0.554. The first-order valence-corrected chi connectivity index (χ1v) is 9.37. The number of halogens is 1. The third kappa shape index (κ3) is 5.71. The van der Waals surface area contributed by atoms with Gasteiger partial charge in [0, 0.05) is 11.6 Å². The number of hydrogen-bond acceptors (Lipinski definition) is 6. The van der Waals surface area contributed by atoms with Crippen molar-refractivity contribution >= 4 is 23.5 Å². The second kappa shape index (κ2) is 9.57. The second-order valence-corrected chi connectivity index (χ2v) is 6.84. The Kier molecular flexibility index (Phi) is 6.90. The largest absolute Gasteiger partial charge is 0.482 e. The van der Waals surface area contributed by atoms with E-state index in [-0.39, 0.29) is 19.3 Å². The second-order valence-electron chi connectivity index (χ2n) is 6.43. The Morgan fingerprint density at radius 2 is 1.89 bits per heavy atom. The first-order chi connectivity index (χ1) is 13.5. The molecule has 0 radical (unpaired) electrons. The lowest BCUT2D eigenvalue weighted by Gasteiger charge is -2.10. The van der Waals surface area contributed by atoms with Crippen LogP contribution in [0.15, 0.2) is 42.5 Å². The van der Waals surface area contributed by atoms with Crippen LogP contribution in [0.5, 0.6) is 11.5 Å². The molecule has 6 nitrogen and oxygen atoms in total. The molecule has 148 valence electrons. The predicted molar refractivity (Wildman–Crippen MR) is 103 cm³/mol. The van der Waals surface area contributed by atoms with E-state index in [1.165, 1.54) is 12.1 Å². The Morgan fingerprint density at radius 1 is 1.14 bits per heavy atom. The summed E-state index contributed by atoms with van der Waals surface area (Å²) in [5.41, 5.74) is 1.24. The number of hydrogen-bond donors (Lipinski definition) is 0. The van der Waals surface area contributed by atoms with Crippen LogP contribution < -0.4 is 9.47 Å². The quantitative estimate of drug-likeness (QED) is 0.513. The van der Waals surface area contributed by atoms with Gasteiger partial charge in [-0.25, -0.2) is 9.59 Å². The van der Waals surface area contributed by atoms with Gasteiger partial charge < -0.3 is 18.9 Å².